The van der Waals surface area contributed by atoms with Crippen molar-refractivity contribution in [1.29, 1.82) is 0 Å². The van der Waals surface area contributed by atoms with E-state index < -0.39 is 23.5 Å². The number of carboxylic acid groups (broad SMARTS) is 1. The molecule has 0 spiro atoms. The summed E-state index contributed by atoms with van der Waals surface area (Å²) in [5, 5.41) is 22.8. The fraction of sp³-hybridized carbons (Fsp3) is 0.360. The quantitative estimate of drug-likeness (QED) is 0.349. The Hall–Kier alpha value is -4.03. The maximum Gasteiger partial charge on any atom is 0.404 e. The zero-order valence-corrected chi connectivity index (χ0v) is 19.8. The number of nitrogens with one attached hydrogen (secondary N) is 1. The van der Waals surface area contributed by atoms with E-state index in [1.807, 2.05) is 11.0 Å². The molecule has 11 nitrogen and oxygen atoms in total. The number of aromatic nitrogens is 2. The third-order valence-electron chi connectivity index (χ3n) is 7.30. The van der Waals surface area contributed by atoms with Gasteiger partial charge in [0, 0.05) is 47.8 Å². The highest BCUT2D eigenvalue weighted by Crippen LogP contribution is 2.41. The first-order valence-electron chi connectivity index (χ1n) is 11.9. The second-order valence-electron chi connectivity index (χ2n) is 9.39. The van der Waals surface area contributed by atoms with Crippen LogP contribution in [0.15, 0.2) is 23.0 Å². The van der Waals surface area contributed by atoms with Crippen LogP contribution >= 0.6 is 0 Å². The van der Waals surface area contributed by atoms with Gasteiger partial charge in [-0.3, -0.25) is 9.69 Å². The van der Waals surface area contributed by atoms with Gasteiger partial charge >= 0.3 is 12.1 Å². The highest BCUT2D eigenvalue weighted by atomic mass is 19.1. The summed E-state index contributed by atoms with van der Waals surface area (Å²) in [5.41, 5.74) is 0.757. The Kier molecular flexibility index (Phi) is 5.21. The van der Waals surface area contributed by atoms with Gasteiger partial charge in [-0.25, -0.2) is 19.0 Å². The van der Waals surface area contributed by atoms with Crippen molar-refractivity contribution in [3.05, 3.63) is 56.6 Å². The first-order valence-corrected chi connectivity index (χ1v) is 11.9. The number of hydrogen-bond acceptors (Lipinski definition) is 8. The van der Waals surface area contributed by atoms with Crippen LogP contribution < -0.4 is 15.6 Å². The Morgan fingerprint density at radius 2 is 2.03 bits per heavy atom. The Bertz CT molecular complexity index is 1570. The Balaban J connectivity index is 1.45. The van der Waals surface area contributed by atoms with Crippen LogP contribution in [0.1, 0.15) is 35.6 Å². The van der Waals surface area contributed by atoms with Crippen molar-refractivity contribution < 1.29 is 33.7 Å². The Labute approximate surface area is 209 Å². The molecule has 0 saturated carbocycles. The van der Waals surface area contributed by atoms with Crippen molar-refractivity contribution in [2.75, 3.05) is 19.8 Å². The lowest BCUT2D eigenvalue weighted by atomic mass is 9.86. The van der Waals surface area contributed by atoms with Crippen molar-refractivity contribution >= 4 is 23.0 Å². The average Bonchev–Trinajstić information content (AvgIpc) is 3.23. The van der Waals surface area contributed by atoms with Gasteiger partial charge in [-0.2, -0.15) is 0 Å². The zero-order chi connectivity index (χ0) is 26.1. The molecule has 3 N–H and O–H groups in total. The molecule has 0 saturated heterocycles. The maximum absolute atomic E-state index is 15.0. The lowest BCUT2D eigenvalue weighted by molar-refractivity contribution is -0.172. The van der Waals surface area contributed by atoms with E-state index >= 15 is 4.39 Å². The Morgan fingerprint density at radius 1 is 1.22 bits per heavy atom. The van der Waals surface area contributed by atoms with Crippen molar-refractivity contribution in [1.82, 2.24) is 19.8 Å². The van der Waals surface area contributed by atoms with Crippen molar-refractivity contribution in [2.24, 2.45) is 0 Å². The number of cyclic esters (lactones) is 1. The maximum atomic E-state index is 15.0. The molecule has 37 heavy (non-hydrogen) atoms. The predicted octanol–water partition coefficient (Wildman–Crippen LogP) is 1.64. The van der Waals surface area contributed by atoms with Gasteiger partial charge < -0.3 is 29.6 Å². The summed E-state index contributed by atoms with van der Waals surface area (Å²) in [6.07, 6.45) is -1.09. The number of fused-ring (bicyclic) bond motifs is 7. The molecule has 0 fully saturated rings. The van der Waals surface area contributed by atoms with E-state index in [2.05, 4.69) is 5.32 Å². The standard InChI is InChI=1S/C25H23FN4O7/c1-2-25(35)16-6-19-20-12(8-30(19)22(31)15(16)10-36-23(25)32)5-13-14-9-29(4-3-27-24(33)34)11-37-21(14)17(26)7-18(13)28-20/h5-7,27,35H,2-4,8-11H2,1H3,(H,33,34). The van der Waals surface area contributed by atoms with Gasteiger partial charge in [0.25, 0.3) is 5.56 Å². The number of benzene rings is 1. The molecule has 0 bridgehead atoms. The fourth-order valence-corrected chi connectivity index (χ4v) is 5.34. The number of carbonyl (C=O) groups is 2. The minimum Gasteiger partial charge on any atom is -0.475 e. The van der Waals surface area contributed by atoms with E-state index in [-0.39, 0.29) is 55.3 Å². The molecule has 5 heterocycles. The van der Waals surface area contributed by atoms with Gasteiger partial charge in [0.15, 0.2) is 17.2 Å². The van der Waals surface area contributed by atoms with Crippen LogP contribution in [0, 0.1) is 5.82 Å². The third-order valence-corrected chi connectivity index (χ3v) is 7.30. The molecular formula is C25H23FN4O7. The van der Waals surface area contributed by atoms with E-state index in [9.17, 15) is 19.5 Å². The second-order valence-corrected chi connectivity index (χ2v) is 9.39. The number of nitrogens with zero attached hydrogens (tertiary/aromatic N) is 3. The number of rotatable bonds is 4. The molecule has 12 heteroatoms. The molecule has 1 amide bonds. The van der Waals surface area contributed by atoms with E-state index in [4.69, 9.17) is 19.6 Å². The molecule has 6 rings (SSSR count). The molecule has 3 aliphatic rings. The molecular weight excluding hydrogens is 487 g/mol. The molecule has 0 aliphatic carbocycles. The average molecular weight is 510 g/mol. The smallest absolute Gasteiger partial charge is 0.404 e. The Morgan fingerprint density at radius 3 is 2.78 bits per heavy atom. The lowest BCUT2D eigenvalue weighted by Gasteiger charge is -2.31. The molecule has 3 aliphatic heterocycles. The summed E-state index contributed by atoms with van der Waals surface area (Å²) in [7, 11) is 0. The summed E-state index contributed by atoms with van der Waals surface area (Å²) < 4.78 is 27.3. The van der Waals surface area contributed by atoms with Crippen molar-refractivity contribution in [3.8, 4) is 17.1 Å². The predicted molar refractivity (Wildman–Crippen MR) is 126 cm³/mol. The van der Waals surface area contributed by atoms with Crippen LogP contribution in [0.2, 0.25) is 0 Å². The highest BCUT2D eigenvalue weighted by molar-refractivity contribution is 5.89. The van der Waals surface area contributed by atoms with Gasteiger partial charge in [0.1, 0.15) is 13.3 Å². The number of pyridine rings is 2. The van der Waals surface area contributed by atoms with Crippen molar-refractivity contribution in [3.63, 3.8) is 0 Å². The van der Waals surface area contributed by atoms with Gasteiger partial charge in [-0.1, -0.05) is 6.92 Å². The summed E-state index contributed by atoms with van der Waals surface area (Å²) in [4.78, 5) is 43.0. The molecule has 1 atom stereocenters. The summed E-state index contributed by atoms with van der Waals surface area (Å²) in [6, 6.07) is 4.76. The number of amides is 1. The largest absolute Gasteiger partial charge is 0.475 e. The number of carbonyl (C=O) groups excluding carboxylic acids is 1. The number of halogens is 1. The van der Waals surface area contributed by atoms with E-state index in [1.165, 1.54) is 10.6 Å². The van der Waals surface area contributed by atoms with E-state index in [1.54, 1.807) is 13.0 Å². The monoisotopic (exact) mass is 510 g/mol. The van der Waals surface area contributed by atoms with Crippen LogP contribution in [0.5, 0.6) is 5.75 Å². The molecule has 3 aromatic rings. The first kappa shape index (κ1) is 23.4. The van der Waals surface area contributed by atoms with Crippen LogP contribution in [0.3, 0.4) is 0 Å². The topological polar surface area (TPSA) is 143 Å². The summed E-state index contributed by atoms with van der Waals surface area (Å²) in [5.74, 6) is -1.24. The normalized spacial score (nSPS) is 19.9. The van der Waals surface area contributed by atoms with E-state index in [0.29, 0.717) is 40.9 Å². The molecule has 1 unspecified atom stereocenters. The minimum atomic E-state index is -1.93. The number of esters is 1. The number of ether oxygens (including phenoxy) is 2. The fourth-order valence-electron chi connectivity index (χ4n) is 5.34. The van der Waals surface area contributed by atoms with Crippen LogP contribution in [-0.2, 0) is 34.8 Å². The highest BCUT2D eigenvalue weighted by Gasteiger charge is 2.45. The molecule has 1 aromatic carbocycles. The van der Waals surface area contributed by atoms with Gasteiger partial charge in [-0.05, 0) is 18.6 Å². The van der Waals surface area contributed by atoms with Crippen LogP contribution in [-0.4, -0.2) is 56.5 Å². The zero-order valence-electron chi connectivity index (χ0n) is 19.8. The molecule has 192 valence electrons. The van der Waals surface area contributed by atoms with Gasteiger partial charge in [-0.15, -0.1) is 0 Å². The second kappa shape index (κ2) is 8.25. The third kappa shape index (κ3) is 3.47. The number of hydrogen-bond donors (Lipinski definition) is 3. The SMILES string of the molecule is CCC1(O)C(=O)OCc2c1cc1n(c2=O)Cc2cc3c4c(c(F)cc3nc2-1)OCN(CCNC(=O)O)C4. The van der Waals surface area contributed by atoms with Gasteiger partial charge in [0.05, 0.1) is 29.0 Å². The lowest BCUT2D eigenvalue weighted by Crippen LogP contribution is -2.44. The van der Waals surface area contributed by atoms with Crippen molar-refractivity contribution in [2.45, 2.75) is 38.6 Å². The minimum absolute atomic E-state index is 0.0373. The first-order chi connectivity index (χ1) is 17.7. The van der Waals surface area contributed by atoms with Crippen LogP contribution in [0.25, 0.3) is 22.3 Å². The molecule has 2 aromatic heterocycles. The number of aliphatic hydroxyl groups is 1. The van der Waals surface area contributed by atoms with E-state index in [0.717, 1.165) is 5.56 Å². The van der Waals surface area contributed by atoms with Crippen LogP contribution in [0.4, 0.5) is 9.18 Å². The molecule has 0 radical (unpaired) electrons. The summed E-state index contributed by atoms with van der Waals surface area (Å²) >= 11 is 0. The summed E-state index contributed by atoms with van der Waals surface area (Å²) in [6.45, 7) is 2.64. The van der Waals surface area contributed by atoms with Gasteiger partial charge in [0.2, 0.25) is 0 Å².